The maximum atomic E-state index is 12.5. The molecule has 2 aromatic heterocycles. The Kier molecular flexibility index (Phi) is 7.36. The van der Waals surface area contributed by atoms with Crippen LogP contribution in [0, 0.1) is 13.8 Å². The standard InChI is InChI=1S/C23H25N7OS2/c1-4-20-27-28-22(33-20)25-19(31)14-32-23-29-26-18(30(23)17-11-6-5-7-12-17)13-24-21-15(2)9-8-10-16(21)3/h5-12,24H,4,13-14H2,1-3H3,(H,25,28,31). The van der Waals surface area contributed by atoms with Crippen molar-refractivity contribution in [2.75, 3.05) is 16.4 Å². The average Bonchev–Trinajstić information content (AvgIpc) is 3.44. The number of rotatable bonds is 9. The summed E-state index contributed by atoms with van der Waals surface area (Å²) in [6.07, 6.45) is 0.793. The second-order valence-corrected chi connectivity index (χ2v) is 9.39. The first-order chi connectivity index (χ1) is 16.0. The highest BCUT2D eigenvalue weighted by Crippen LogP contribution is 2.25. The Morgan fingerprint density at radius 2 is 1.76 bits per heavy atom. The molecule has 10 heteroatoms. The SMILES string of the molecule is CCc1nnc(NC(=O)CSc2nnc(CNc3c(C)cccc3C)n2-c2ccccc2)s1. The molecule has 0 aliphatic rings. The van der Waals surface area contributed by atoms with Crippen molar-refractivity contribution in [2.45, 2.75) is 38.9 Å². The van der Waals surface area contributed by atoms with Gasteiger partial charge in [0.05, 0.1) is 12.3 Å². The molecule has 33 heavy (non-hydrogen) atoms. The Balaban J connectivity index is 1.50. The first-order valence-electron chi connectivity index (χ1n) is 10.6. The van der Waals surface area contributed by atoms with Crippen molar-refractivity contribution in [3.63, 3.8) is 0 Å². The summed E-state index contributed by atoms with van der Waals surface area (Å²) in [5.74, 6) is 0.802. The number of thioether (sulfide) groups is 1. The van der Waals surface area contributed by atoms with E-state index in [0.717, 1.165) is 28.6 Å². The number of hydrogen-bond donors (Lipinski definition) is 2. The van der Waals surface area contributed by atoms with Crippen molar-refractivity contribution in [1.29, 1.82) is 0 Å². The van der Waals surface area contributed by atoms with E-state index in [1.165, 1.54) is 34.2 Å². The molecule has 170 valence electrons. The van der Waals surface area contributed by atoms with E-state index in [1.807, 2.05) is 47.9 Å². The fourth-order valence-corrected chi connectivity index (χ4v) is 4.80. The predicted molar refractivity (Wildman–Crippen MR) is 133 cm³/mol. The third kappa shape index (κ3) is 5.58. The highest BCUT2D eigenvalue weighted by Gasteiger charge is 2.17. The summed E-state index contributed by atoms with van der Waals surface area (Å²) < 4.78 is 1.98. The molecule has 8 nitrogen and oxygen atoms in total. The van der Waals surface area contributed by atoms with Gasteiger partial charge in [-0.05, 0) is 43.5 Å². The quantitative estimate of drug-likeness (QED) is 0.338. The fraction of sp³-hybridized carbons (Fsp3) is 0.261. The molecular weight excluding hydrogens is 454 g/mol. The molecule has 0 aliphatic heterocycles. The number of benzene rings is 2. The summed E-state index contributed by atoms with van der Waals surface area (Å²) in [6, 6.07) is 16.1. The van der Waals surface area contributed by atoms with Crippen molar-refractivity contribution in [1.82, 2.24) is 25.0 Å². The van der Waals surface area contributed by atoms with Crippen LogP contribution >= 0.6 is 23.1 Å². The molecule has 0 unspecified atom stereocenters. The minimum Gasteiger partial charge on any atom is -0.377 e. The minimum absolute atomic E-state index is 0.156. The van der Waals surface area contributed by atoms with E-state index in [0.29, 0.717) is 16.8 Å². The van der Waals surface area contributed by atoms with E-state index in [2.05, 4.69) is 57.0 Å². The van der Waals surface area contributed by atoms with E-state index in [9.17, 15) is 4.79 Å². The van der Waals surface area contributed by atoms with Gasteiger partial charge in [-0.2, -0.15) is 0 Å². The van der Waals surface area contributed by atoms with Gasteiger partial charge in [0, 0.05) is 11.4 Å². The molecule has 0 spiro atoms. The lowest BCUT2D eigenvalue weighted by Gasteiger charge is -2.14. The van der Waals surface area contributed by atoms with Crippen LogP contribution in [0.15, 0.2) is 53.7 Å². The largest absolute Gasteiger partial charge is 0.377 e. The number of aryl methyl sites for hydroxylation is 3. The molecule has 0 aliphatic carbocycles. The topological polar surface area (TPSA) is 97.6 Å². The molecular formula is C23H25N7OS2. The van der Waals surface area contributed by atoms with E-state index in [-0.39, 0.29) is 11.7 Å². The summed E-state index contributed by atoms with van der Waals surface area (Å²) >= 11 is 2.73. The lowest BCUT2D eigenvalue weighted by molar-refractivity contribution is -0.113. The van der Waals surface area contributed by atoms with Crippen LogP contribution in [-0.4, -0.2) is 36.6 Å². The van der Waals surface area contributed by atoms with Gasteiger partial charge in [0.25, 0.3) is 0 Å². The number of para-hydroxylation sites is 2. The van der Waals surface area contributed by atoms with Crippen molar-refractivity contribution in [3.05, 3.63) is 70.5 Å². The molecule has 4 aromatic rings. The molecule has 0 fully saturated rings. The third-order valence-corrected chi connectivity index (χ3v) is 6.88. The van der Waals surface area contributed by atoms with E-state index >= 15 is 0 Å². The number of nitrogens with one attached hydrogen (secondary N) is 2. The third-order valence-electron chi connectivity index (χ3n) is 4.97. The van der Waals surface area contributed by atoms with Gasteiger partial charge >= 0.3 is 0 Å². The normalized spacial score (nSPS) is 10.9. The molecule has 2 heterocycles. The van der Waals surface area contributed by atoms with Gasteiger partial charge in [0.2, 0.25) is 11.0 Å². The Bertz CT molecular complexity index is 1220. The number of carbonyl (C=O) groups excluding carboxylic acids is 1. The lowest BCUT2D eigenvalue weighted by Crippen LogP contribution is -2.15. The summed E-state index contributed by atoms with van der Waals surface area (Å²) in [6.45, 7) is 6.67. The van der Waals surface area contributed by atoms with Crippen molar-refractivity contribution < 1.29 is 4.79 Å². The number of amides is 1. The Morgan fingerprint density at radius 1 is 1.00 bits per heavy atom. The summed E-state index contributed by atoms with van der Waals surface area (Å²) in [5.41, 5.74) is 4.39. The Morgan fingerprint density at radius 3 is 2.45 bits per heavy atom. The maximum Gasteiger partial charge on any atom is 0.236 e. The van der Waals surface area contributed by atoms with Gasteiger partial charge in [0.15, 0.2) is 11.0 Å². The molecule has 0 atom stereocenters. The zero-order chi connectivity index (χ0) is 23.2. The van der Waals surface area contributed by atoms with Gasteiger partial charge in [-0.1, -0.05) is 66.4 Å². The van der Waals surface area contributed by atoms with Crippen LogP contribution in [0.2, 0.25) is 0 Å². The first kappa shape index (κ1) is 22.9. The smallest absolute Gasteiger partial charge is 0.236 e. The highest BCUT2D eigenvalue weighted by molar-refractivity contribution is 7.99. The van der Waals surface area contributed by atoms with Crippen LogP contribution < -0.4 is 10.6 Å². The van der Waals surface area contributed by atoms with E-state index < -0.39 is 0 Å². The van der Waals surface area contributed by atoms with E-state index in [1.54, 1.807) is 0 Å². The van der Waals surface area contributed by atoms with Gasteiger partial charge in [0.1, 0.15) is 5.01 Å². The van der Waals surface area contributed by atoms with Gasteiger partial charge in [-0.15, -0.1) is 20.4 Å². The molecule has 0 saturated heterocycles. The zero-order valence-corrected chi connectivity index (χ0v) is 20.3. The number of nitrogens with zero attached hydrogens (tertiary/aromatic N) is 5. The number of hydrogen-bond acceptors (Lipinski definition) is 8. The molecule has 0 saturated carbocycles. The van der Waals surface area contributed by atoms with Crippen molar-refractivity contribution in [2.24, 2.45) is 0 Å². The second kappa shape index (κ2) is 10.6. The molecule has 1 amide bonds. The van der Waals surface area contributed by atoms with Crippen LogP contribution in [0.1, 0.15) is 28.9 Å². The zero-order valence-electron chi connectivity index (χ0n) is 18.7. The minimum atomic E-state index is -0.156. The number of anilines is 2. The molecule has 2 aromatic carbocycles. The number of aromatic nitrogens is 5. The second-order valence-electron chi connectivity index (χ2n) is 7.38. The predicted octanol–water partition coefficient (Wildman–Crippen LogP) is 4.64. The lowest BCUT2D eigenvalue weighted by atomic mass is 10.1. The Hall–Kier alpha value is -3.24. The van der Waals surface area contributed by atoms with Crippen LogP contribution in [0.25, 0.3) is 5.69 Å². The molecule has 4 rings (SSSR count). The molecule has 0 bridgehead atoms. The van der Waals surface area contributed by atoms with Crippen LogP contribution in [0.5, 0.6) is 0 Å². The fourth-order valence-electron chi connectivity index (χ4n) is 3.34. The number of carbonyl (C=O) groups is 1. The van der Waals surface area contributed by atoms with Gasteiger partial charge in [-0.3, -0.25) is 14.7 Å². The van der Waals surface area contributed by atoms with Crippen LogP contribution in [0.3, 0.4) is 0 Å². The Labute approximate surface area is 200 Å². The summed E-state index contributed by atoms with van der Waals surface area (Å²) in [7, 11) is 0. The maximum absolute atomic E-state index is 12.5. The monoisotopic (exact) mass is 479 g/mol. The molecule has 2 N–H and O–H groups in total. The summed E-state index contributed by atoms with van der Waals surface area (Å²) in [4.78, 5) is 12.5. The summed E-state index contributed by atoms with van der Waals surface area (Å²) in [5, 5.41) is 25.2. The van der Waals surface area contributed by atoms with Crippen LogP contribution in [0.4, 0.5) is 10.8 Å². The van der Waals surface area contributed by atoms with Crippen LogP contribution in [-0.2, 0) is 17.8 Å². The average molecular weight is 480 g/mol. The van der Waals surface area contributed by atoms with E-state index in [4.69, 9.17) is 0 Å². The van der Waals surface area contributed by atoms with Gasteiger partial charge < -0.3 is 5.32 Å². The van der Waals surface area contributed by atoms with Crippen molar-refractivity contribution in [3.8, 4) is 5.69 Å². The molecule has 0 radical (unpaired) electrons. The first-order valence-corrected chi connectivity index (χ1v) is 12.4. The van der Waals surface area contributed by atoms with Crippen molar-refractivity contribution >= 4 is 39.8 Å². The van der Waals surface area contributed by atoms with Gasteiger partial charge in [-0.25, -0.2) is 0 Å². The highest BCUT2D eigenvalue weighted by atomic mass is 32.2.